The van der Waals surface area contributed by atoms with Crippen LogP contribution in [0.5, 0.6) is 0 Å². The number of carbonyl (C=O) groups excluding carboxylic acids is 3. The topological polar surface area (TPSA) is 326 Å². The molecule has 0 aliphatic heterocycles. The van der Waals surface area contributed by atoms with E-state index in [2.05, 4.69) is 47.9 Å². The summed E-state index contributed by atoms with van der Waals surface area (Å²) in [4.78, 5) is 74.1. The van der Waals surface area contributed by atoms with Crippen molar-refractivity contribution in [3.8, 4) is 0 Å². The molecule has 354 valence electrons. The molecule has 0 unspecified atom stereocenters. The number of carbonyl (C=O) groups is 3. The molecule has 67 heavy (non-hydrogen) atoms. The Morgan fingerprint density at radius 2 is 0.806 bits per heavy atom. The van der Waals surface area contributed by atoms with Crippen molar-refractivity contribution in [2.24, 2.45) is 0 Å². The van der Waals surface area contributed by atoms with Crippen LogP contribution < -0.4 is 41.1 Å². The second kappa shape index (κ2) is 29.1. The van der Waals surface area contributed by atoms with Crippen LogP contribution in [0.15, 0.2) is 127 Å². The van der Waals surface area contributed by atoms with Crippen LogP contribution in [-0.4, -0.2) is 36.8 Å². The summed E-state index contributed by atoms with van der Waals surface area (Å²) >= 11 is 10.4. The van der Waals surface area contributed by atoms with Crippen LogP contribution in [-0.2, 0) is 0 Å². The summed E-state index contributed by atoms with van der Waals surface area (Å²) < 4.78 is 0. The van der Waals surface area contributed by atoms with E-state index in [1.807, 2.05) is 62.4 Å². The Labute approximate surface area is 418 Å². The number of anilines is 5. The maximum absolute atomic E-state index is 12.2. The molecule has 0 aromatic heterocycles. The maximum Gasteiger partial charge on any atom is 0.277 e. The number of amides is 2. The SMILES string of the molecule is C.Cc1ccccc1N.Cc1ccccc1NC(=O)c1cc(N)cc(N)c1.Cc1ccccc1NC(=O)c1cc([N+](=O)[O-])cc([N+](=O)[O-])c1.I[I-]I.O=C(Cl)c1cc([N+](=O)[O-])cc([N+](=O)[O-])c1. The summed E-state index contributed by atoms with van der Waals surface area (Å²) in [5.41, 5.74) is 20.8. The Kier molecular flexibility index (Phi) is 25.4. The van der Waals surface area contributed by atoms with Gasteiger partial charge in [0, 0.05) is 63.8 Å². The number of halogens is 4. The number of para-hydroxylation sites is 3. The molecule has 0 saturated heterocycles. The van der Waals surface area contributed by atoms with Gasteiger partial charge in [-0.05, 0) is 85.5 Å². The van der Waals surface area contributed by atoms with Gasteiger partial charge in [0.1, 0.15) is 0 Å². The van der Waals surface area contributed by atoms with Gasteiger partial charge in [-0.25, -0.2) is 0 Å². The minimum Gasteiger partial charge on any atom is -0.276 e. The molecule has 6 rings (SSSR count). The van der Waals surface area contributed by atoms with E-state index in [1.54, 1.807) is 49.4 Å². The Morgan fingerprint density at radius 3 is 1.09 bits per heavy atom. The molecule has 24 heteroatoms. The normalized spacial score (nSPS) is 9.58. The quantitative estimate of drug-likeness (QED) is 0.0299. The van der Waals surface area contributed by atoms with Crippen molar-refractivity contribution in [3.63, 3.8) is 0 Å². The molecule has 0 spiro atoms. The van der Waals surface area contributed by atoms with Crippen molar-refractivity contribution >= 4 is 117 Å². The molecule has 0 atom stereocenters. The van der Waals surface area contributed by atoms with E-state index in [4.69, 9.17) is 28.8 Å². The van der Waals surface area contributed by atoms with Crippen LogP contribution in [0.25, 0.3) is 0 Å². The average molecular weight is 1280 g/mol. The van der Waals surface area contributed by atoms with Crippen molar-refractivity contribution in [1.82, 2.24) is 0 Å². The first-order valence-electron chi connectivity index (χ1n) is 18.2. The molecule has 0 aliphatic rings. The third-order valence-electron chi connectivity index (χ3n) is 8.35. The Morgan fingerprint density at radius 1 is 0.507 bits per heavy atom. The predicted octanol–water partition coefficient (Wildman–Crippen LogP) is 8.35. The van der Waals surface area contributed by atoms with Crippen LogP contribution in [0.1, 0.15) is 55.2 Å². The first kappa shape index (κ1) is 58.4. The van der Waals surface area contributed by atoms with Gasteiger partial charge in [-0.3, -0.25) is 54.8 Å². The average Bonchev–Trinajstić information content (AvgIpc) is 3.26. The molecular formula is C43H42ClI3N9O11-. The number of aryl methyl sites for hydroxylation is 3. The van der Waals surface area contributed by atoms with E-state index in [0.717, 1.165) is 64.5 Å². The zero-order valence-corrected chi connectivity index (χ0v) is 41.9. The molecule has 2 amide bonds. The number of nitrogens with zero attached hydrogens (tertiary/aromatic N) is 4. The third-order valence-corrected chi connectivity index (χ3v) is 8.57. The summed E-state index contributed by atoms with van der Waals surface area (Å²) in [5.74, 6) is -0.871. The molecule has 0 fully saturated rings. The van der Waals surface area contributed by atoms with E-state index < -0.39 is 53.6 Å². The van der Waals surface area contributed by atoms with Crippen molar-refractivity contribution in [1.29, 1.82) is 0 Å². The Bertz CT molecular complexity index is 2600. The molecule has 0 heterocycles. The zero-order valence-electron chi connectivity index (χ0n) is 34.6. The maximum atomic E-state index is 12.2. The fourth-order valence-electron chi connectivity index (χ4n) is 5.07. The molecule has 6 aromatic carbocycles. The van der Waals surface area contributed by atoms with E-state index in [9.17, 15) is 54.8 Å². The van der Waals surface area contributed by atoms with Crippen LogP contribution in [0.2, 0.25) is 0 Å². The summed E-state index contributed by atoms with van der Waals surface area (Å²) in [5, 5.41) is 46.8. The summed E-state index contributed by atoms with van der Waals surface area (Å²) in [7, 11) is 0. The van der Waals surface area contributed by atoms with Crippen LogP contribution in [0.4, 0.5) is 51.2 Å². The number of rotatable bonds is 9. The van der Waals surface area contributed by atoms with Gasteiger partial charge in [0.05, 0.1) is 37.4 Å². The van der Waals surface area contributed by atoms with E-state index >= 15 is 0 Å². The van der Waals surface area contributed by atoms with Gasteiger partial charge in [0.25, 0.3) is 39.8 Å². The molecule has 6 aromatic rings. The standard InChI is InChI=1S/C14H11N3O5.C14H15N3O.C7H3ClN2O5.C7H9N.CH4.I3/c1-9-4-2-3-5-13(9)15-14(18)10-6-11(16(19)20)8-12(7-10)17(21)22;1-9-4-2-3-5-13(9)17-14(18)10-6-11(15)8-12(16)7-10;8-7(11)4-1-5(9(12)13)3-6(2-4)10(14)15;1-6-4-2-3-5-7(6)8;;1-3-2/h2-8H,1H3,(H,15,18);2-8H,15-16H2,1H3,(H,17,18);1-3H;2-5H,8H2,1H3;1H4;/q;;;;;-1. The van der Waals surface area contributed by atoms with Crippen LogP contribution >= 0.6 is 48.8 Å². The van der Waals surface area contributed by atoms with E-state index in [0.29, 0.717) is 35.9 Å². The predicted molar refractivity (Wildman–Crippen MR) is 274 cm³/mol. The fourth-order valence-corrected chi connectivity index (χ4v) is 5.18. The van der Waals surface area contributed by atoms with Gasteiger partial charge < -0.3 is 27.8 Å². The number of nitrogens with one attached hydrogen (secondary N) is 2. The molecule has 0 bridgehead atoms. The minimum absolute atomic E-state index is 0. The molecule has 20 nitrogen and oxygen atoms in total. The van der Waals surface area contributed by atoms with E-state index in [1.165, 1.54) is 0 Å². The monoisotopic (exact) mass is 1280 g/mol. The Hall–Kier alpha value is -6.59. The number of nitro benzene ring substituents is 4. The largest absolute Gasteiger partial charge is 0.277 e. The van der Waals surface area contributed by atoms with Gasteiger partial charge in [-0.2, -0.15) is 0 Å². The summed E-state index contributed by atoms with van der Waals surface area (Å²) in [6.45, 7) is 5.71. The first-order chi connectivity index (χ1) is 31.1. The number of hydrogen-bond acceptors (Lipinski definition) is 14. The smallest absolute Gasteiger partial charge is 0.276 e. The second-order valence-corrected chi connectivity index (χ2v) is 29.7. The molecule has 0 saturated carbocycles. The molecular weight excluding hydrogens is 1230 g/mol. The summed E-state index contributed by atoms with van der Waals surface area (Å²) in [6.07, 6.45) is 0. The van der Waals surface area contributed by atoms with Gasteiger partial charge in [-0.1, -0.05) is 62.0 Å². The molecule has 0 aliphatic carbocycles. The molecule has 8 N–H and O–H groups in total. The Balaban J connectivity index is 0.000000454. The number of non-ortho nitro benzene ring substituents is 4. The van der Waals surface area contributed by atoms with Crippen molar-refractivity contribution in [2.75, 3.05) is 27.8 Å². The number of nitro groups is 4. The van der Waals surface area contributed by atoms with Crippen molar-refractivity contribution in [3.05, 3.63) is 201 Å². The molecule has 0 radical (unpaired) electrons. The summed E-state index contributed by atoms with van der Waals surface area (Å²) in [6, 6.07) is 32.5. The van der Waals surface area contributed by atoms with E-state index in [-0.39, 0.29) is 24.5 Å². The number of hydrogen-bond donors (Lipinski definition) is 5. The van der Waals surface area contributed by atoms with Crippen LogP contribution in [0.3, 0.4) is 0 Å². The van der Waals surface area contributed by atoms with Crippen molar-refractivity contribution in [2.45, 2.75) is 28.2 Å². The van der Waals surface area contributed by atoms with Gasteiger partial charge in [0.15, 0.2) is 0 Å². The minimum atomic E-state index is -0.984. The third kappa shape index (κ3) is 20.2. The number of nitrogens with two attached hydrogens (primary N) is 3. The van der Waals surface area contributed by atoms with Crippen molar-refractivity contribution < 1.29 is 47.3 Å². The van der Waals surface area contributed by atoms with Gasteiger partial charge in [-0.15, -0.1) is 0 Å². The second-order valence-electron chi connectivity index (χ2n) is 13.1. The fraction of sp³-hybridized carbons (Fsp3) is 0.0930. The first-order valence-corrected chi connectivity index (χ1v) is 31.2. The van der Waals surface area contributed by atoms with Crippen LogP contribution in [0, 0.1) is 61.2 Å². The number of nitrogen functional groups attached to an aromatic ring is 3. The van der Waals surface area contributed by atoms with Gasteiger partial charge >= 0.3 is 50.5 Å². The number of benzene rings is 6. The zero-order chi connectivity index (χ0) is 49.7. The van der Waals surface area contributed by atoms with Gasteiger partial charge in [0.2, 0.25) is 0 Å².